The van der Waals surface area contributed by atoms with Crippen LogP contribution >= 0.6 is 0 Å². The Kier molecular flexibility index (Phi) is 6.48. The molecule has 5 heteroatoms. The first-order valence-corrected chi connectivity index (χ1v) is 6.72. The Balaban J connectivity index is 2.32. The van der Waals surface area contributed by atoms with E-state index in [-0.39, 0.29) is 24.5 Å². The van der Waals surface area contributed by atoms with Gasteiger partial charge in [0.15, 0.2) is 0 Å². The normalized spacial score (nSPS) is 11.2. The van der Waals surface area contributed by atoms with Crippen LogP contribution in [0.4, 0.5) is 5.69 Å². The van der Waals surface area contributed by atoms with Crippen LogP contribution in [0, 0.1) is 5.41 Å². The molecule has 0 unspecified atom stereocenters. The number of rotatable bonds is 8. The molecular formula is C15H24N2O3. The number of carbonyl (C=O) groups excluding carboxylic acids is 1. The number of nitrogens with one attached hydrogen (secondary N) is 2. The molecule has 1 aromatic rings. The molecule has 1 rings (SSSR count). The van der Waals surface area contributed by atoms with E-state index >= 15 is 0 Å². The molecule has 3 N–H and O–H groups in total. The fourth-order valence-corrected chi connectivity index (χ4v) is 1.79. The average molecular weight is 280 g/mol. The van der Waals surface area contributed by atoms with Crippen LogP contribution in [0.5, 0.6) is 5.75 Å². The highest BCUT2D eigenvalue weighted by Gasteiger charge is 2.16. The summed E-state index contributed by atoms with van der Waals surface area (Å²) in [5.41, 5.74) is 0.724. The van der Waals surface area contributed by atoms with E-state index in [9.17, 15) is 4.79 Å². The van der Waals surface area contributed by atoms with Crippen LogP contribution in [0.3, 0.4) is 0 Å². The van der Waals surface area contributed by atoms with E-state index in [1.165, 1.54) is 0 Å². The number of ether oxygens (including phenoxy) is 1. The van der Waals surface area contributed by atoms with Gasteiger partial charge in [-0.3, -0.25) is 4.79 Å². The summed E-state index contributed by atoms with van der Waals surface area (Å²) >= 11 is 0. The maximum absolute atomic E-state index is 11.8. The molecule has 0 aromatic heterocycles. The summed E-state index contributed by atoms with van der Waals surface area (Å²) in [6, 6.07) is 7.19. The molecule has 0 radical (unpaired) electrons. The van der Waals surface area contributed by atoms with Crippen molar-refractivity contribution in [1.82, 2.24) is 5.32 Å². The second-order valence-corrected chi connectivity index (χ2v) is 5.52. The molecule has 5 nitrogen and oxygen atoms in total. The quantitative estimate of drug-likeness (QED) is 0.677. The Bertz CT molecular complexity index is 416. The van der Waals surface area contributed by atoms with Crippen molar-refractivity contribution in [3.8, 4) is 5.75 Å². The number of aliphatic hydroxyl groups excluding tert-OH is 1. The number of amides is 1. The second kappa shape index (κ2) is 7.87. The van der Waals surface area contributed by atoms with Gasteiger partial charge in [-0.05, 0) is 36.1 Å². The monoisotopic (exact) mass is 280 g/mol. The number of aliphatic hydroxyl groups is 1. The summed E-state index contributed by atoms with van der Waals surface area (Å²) in [6.45, 7) is 5.20. The lowest BCUT2D eigenvalue weighted by Crippen LogP contribution is -2.35. The number of benzene rings is 1. The third kappa shape index (κ3) is 6.04. The first kappa shape index (κ1) is 16.5. The van der Waals surface area contributed by atoms with Crippen LogP contribution in [-0.2, 0) is 4.79 Å². The highest BCUT2D eigenvalue weighted by atomic mass is 16.5. The lowest BCUT2D eigenvalue weighted by atomic mass is 9.90. The summed E-state index contributed by atoms with van der Waals surface area (Å²) in [4.78, 5) is 11.8. The predicted molar refractivity (Wildman–Crippen MR) is 80.0 cm³/mol. The van der Waals surface area contributed by atoms with Crippen molar-refractivity contribution < 1.29 is 14.6 Å². The van der Waals surface area contributed by atoms with Gasteiger partial charge in [0.1, 0.15) is 5.75 Å². The van der Waals surface area contributed by atoms with Crippen molar-refractivity contribution >= 4 is 11.6 Å². The van der Waals surface area contributed by atoms with Crippen molar-refractivity contribution in [3.05, 3.63) is 24.3 Å². The molecule has 0 aliphatic rings. The van der Waals surface area contributed by atoms with Crippen molar-refractivity contribution in [3.63, 3.8) is 0 Å². The van der Waals surface area contributed by atoms with E-state index in [1.54, 1.807) is 31.4 Å². The van der Waals surface area contributed by atoms with E-state index in [4.69, 9.17) is 9.84 Å². The average Bonchev–Trinajstić information content (AvgIpc) is 2.39. The van der Waals surface area contributed by atoms with E-state index < -0.39 is 0 Å². The van der Waals surface area contributed by atoms with E-state index in [0.29, 0.717) is 13.0 Å². The molecule has 1 aromatic carbocycles. The molecule has 20 heavy (non-hydrogen) atoms. The molecule has 0 heterocycles. The second-order valence-electron chi connectivity index (χ2n) is 5.52. The van der Waals surface area contributed by atoms with Gasteiger partial charge in [-0.25, -0.2) is 0 Å². The Morgan fingerprint density at radius 1 is 1.30 bits per heavy atom. The minimum absolute atomic E-state index is 0.0187. The number of hydrogen-bond donors (Lipinski definition) is 3. The van der Waals surface area contributed by atoms with Gasteiger partial charge in [-0.15, -0.1) is 0 Å². The fraction of sp³-hybridized carbons (Fsp3) is 0.533. The highest BCUT2D eigenvalue weighted by molar-refractivity contribution is 5.92. The minimum atomic E-state index is -0.0880. The van der Waals surface area contributed by atoms with Crippen LogP contribution in [0.2, 0.25) is 0 Å². The maximum Gasteiger partial charge on any atom is 0.238 e. The largest absolute Gasteiger partial charge is 0.497 e. The summed E-state index contributed by atoms with van der Waals surface area (Å²) in [7, 11) is 1.60. The standard InChI is InChI=1S/C15H24N2O3/c1-15(2,8-9-18)11-16-10-14(19)17-12-4-6-13(20-3)7-5-12/h4-7,16,18H,8-11H2,1-3H3,(H,17,19). The summed E-state index contributed by atoms with van der Waals surface area (Å²) in [6.07, 6.45) is 0.708. The van der Waals surface area contributed by atoms with Crippen LogP contribution in [-0.4, -0.2) is 37.8 Å². The minimum Gasteiger partial charge on any atom is -0.497 e. The van der Waals surface area contributed by atoms with Gasteiger partial charge in [0, 0.05) is 18.8 Å². The van der Waals surface area contributed by atoms with Crippen LogP contribution in [0.1, 0.15) is 20.3 Å². The molecule has 0 saturated heterocycles. The van der Waals surface area contributed by atoms with Gasteiger partial charge in [-0.1, -0.05) is 13.8 Å². The van der Waals surface area contributed by atoms with Gasteiger partial charge >= 0.3 is 0 Å². The fourth-order valence-electron chi connectivity index (χ4n) is 1.79. The molecule has 112 valence electrons. The highest BCUT2D eigenvalue weighted by Crippen LogP contribution is 2.18. The zero-order valence-electron chi connectivity index (χ0n) is 12.4. The summed E-state index contributed by atoms with van der Waals surface area (Å²) in [5, 5.41) is 14.8. The smallest absolute Gasteiger partial charge is 0.238 e. The number of hydrogen-bond acceptors (Lipinski definition) is 4. The molecule has 0 spiro atoms. The van der Waals surface area contributed by atoms with Crippen molar-refractivity contribution in [2.24, 2.45) is 5.41 Å². The Hall–Kier alpha value is -1.59. The molecule has 0 bridgehead atoms. The van der Waals surface area contributed by atoms with Crippen molar-refractivity contribution in [2.45, 2.75) is 20.3 Å². The van der Waals surface area contributed by atoms with Crippen LogP contribution in [0.25, 0.3) is 0 Å². The Morgan fingerprint density at radius 2 is 1.95 bits per heavy atom. The molecule has 1 amide bonds. The Labute approximate surface area is 120 Å². The van der Waals surface area contributed by atoms with Gasteiger partial charge in [0.2, 0.25) is 5.91 Å². The predicted octanol–water partition coefficient (Wildman–Crippen LogP) is 1.63. The number of carbonyl (C=O) groups is 1. The first-order chi connectivity index (χ1) is 9.46. The zero-order chi connectivity index (χ0) is 15.0. The molecule has 0 fully saturated rings. The van der Waals surface area contributed by atoms with E-state index in [1.807, 2.05) is 0 Å². The Morgan fingerprint density at radius 3 is 2.50 bits per heavy atom. The van der Waals surface area contributed by atoms with E-state index in [0.717, 1.165) is 11.4 Å². The molecule has 0 aliphatic carbocycles. The summed E-state index contributed by atoms with van der Waals surface area (Å²) < 4.78 is 5.05. The lowest BCUT2D eigenvalue weighted by Gasteiger charge is -2.23. The SMILES string of the molecule is COc1ccc(NC(=O)CNCC(C)(C)CCO)cc1. The molecule has 0 atom stereocenters. The third-order valence-electron chi connectivity index (χ3n) is 3.05. The molecular weight excluding hydrogens is 256 g/mol. The van der Waals surface area contributed by atoms with Gasteiger partial charge in [0.05, 0.1) is 13.7 Å². The van der Waals surface area contributed by atoms with Crippen molar-refractivity contribution in [2.75, 3.05) is 32.1 Å². The van der Waals surface area contributed by atoms with Crippen LogP contribution < -0.4 is 15.4 Å². The van der Waals surface area contributed by atoms with Crippen LogP contribution in [0.15, 0.2) is 24.3 Å². The topological polar surface area (TPSA) is 70.6 Å². The van der Waals surface area contributed by atoms with Gasteiger partial charge in [-0.2, -0.15) is 0 Å². The number of anilines is 1. The first-order valence-electron chi connectivity index (χ1n) is 6.72. The van der Waals surface area contributed by atoms with Crippen molar-refractivity contribution in [1.29, 1.82) is 0 Å². The van der Waals surface area contributed by atoms with Gasteiger partial charge < -0.3 is 20.5 Å². The lowest BCUT2D eigenvalue weighted by molar-refractivity contribution is -0.115. The summed E-state index contributed by atoms with van der Waals surface area (Å²) in [5.74, 6) is 0.668. The zero-order valence-corrected chi connectivity index (χ0v) is 12.4. The molecule has 0 saturated carbocycles. The van der Waals surface area contributed by atoms with E-state index in [2.05, 4.69) is 24.5 Å². The van der Waals surface area contributed by atoms with Gasteiger partial charge in [0.25, 0.3) is 0 Å². The maximum atomic E-state index is 11.8. The third-order valence-corrected chi connectivity index (χ3v) is 3.05. The number of methoxy groups -OCH3 is 1. The molecule has 0 aliphatic heterocycles.